The van der Waals surface area contributed by atoms with Crippen LogP contribution in [0.1, 0.15) is 79.1 Å². The van der Waals surface area contributed by atoms with E-state index >= 15 is 0 Å². The Morgan fingerprint density at radius 2 is 1.83 bits per heavy atom. The molecule has 0 aromatic rings. The molecular formula is C27H38O3. The van der Waals surface area contributed by atoms with Crippen LogP contribution in [0.25, 0.3) is 0 Å². The SMILES string of the molecule is CC1CCC([C@@H](C)[C@H]2CC[C@H]3[C@@H]4CCC5=CC(=O)C=C[C@]5(C)[C@H]4CC[C@]23C)OC1=O. The van der Waals surface area contributed by atoms with Crippen LogP contribution in [0.5, 0.6) is 0 Å². The van der Waals surface area contributed by atoms with Gasteiger partial charge in [-0.05, 0) is 98.5 Å². The van der Waals surface area contributed by atoms with Gasteiger partial charge in [-0.3, -0.25) is 9.59 Å². The van der Waals surface area contributed by atoms with Crippen molar-refractivity contribution in [2.75, 3.05) is 0 Å². The van der Waals surface area contributed by atoms with Gasteiger partial charge in [-0.1, -0.05) is 39.3 Å². The van der Waals surface area contributed by atoms with Crippen molar-refractivity contribution in [3.63, 3.8) is 0 Å². The molecule has 0 bridgehead atoms. The van der Waals surface area contributed by atoms with Crippen LogP contribution in [-0.2, 0) is 14.3 Å². The molecule has 0 aromatic heterocycles. The predicted octanol–water partition coefficient (Wildman–Crippen LogP) is 5.89. The van der Waals surface area contributed by atoms with Crippen molar-refractivity contribution in [2.45, 2.75) is 85.2 Å². The van der Waals surface area contributed by atoms with Gasteiger partial charge in [0.1, 0.15) is 6.10 Å². The normalized spacial score (nSPS) is 48.9. The average Bonchev–Trinajstić information content (AvgIpc) is 3.07. The Balaban J connectivity index is 1.37. The number of hydrogen-bond acceptors (Lipinski definition) is 3. The first kappa shape index (κ1) is 20.5. The maximum atomic E-state index is 12.2. The van der Waals surface area contributed by atoms with E-state index in [9.17, 15) is 9.59 Å². The third-order valence-electron chi connectivity index (χ3n) is 10.4. The minimum absolute atomic E-state index is 0.0136. The quantitative estimate of drug-likeness (QED) is 0.533. The predicted molar refractivity (Wildman–Crippen MR) is 118 cm³/mol. The molecule has 164 valence electrons. The molecule has 3 heteroatoms. The van der Waals surface area contributed by atoms with Gasteiger partial charge in [0.05, 0.1) is 5.92 Å². The first-order chi connectivity index (χ1) is 14.2. The monoisotopic (exact) mass is 410 g/mol. The molecular weight excluding hydrogens is 372 g/mol. The van der Waals surface area contributed by atoms with Crippen LogP contribution >= 0.6 is 0 Å². The van der Waals surface area contributed by atoms with E-state index in [1.807, 2.05) is 19.1 Å². The highest BCUT2D eigenvalue weighted by Gasteiger charge is 2.59. The molecule has 30 heavy (non-hydrogen) atoms. The Kier molecular flexibility index (Phi) is 4.83. The molecule has 1 aliphatic heterocycles. The summed E-state index contributed by atoms with van der Waals surface area (Å²) in [4.78, 5) is 24.2. The van der Waals surface area contributed by atoms with Crippen LogP contribution in [-0.4, -0.2) is 17.9 Å². The number of esters is 1. The molecule has 1 saturated heterocycles. The van der Waals surface area contributed by atoms with Gasteiger partial charge in [0.25, 0.3) is 0 Å². The minimum atomic E-state index is 0.0136. The van der Waals surface area contributed by atoms with Gasteiger partial charge in [0.15, 0.2) is 5.78 Å². The maximum Gasteiger partial charge on any atom is 0.308 e. The van der Waals surface area contributed by atoms with Gasteiger partial charge in [-0.25, -0.2) is 0 Å². The fourth-order valence-electron chi connectivity index (χ4n) is 8.59. The molecule has 0 N–H and O–H groups in total. The molecule has 4 fully saturated rings. The molecule has 0 spiro atoms. The third-order valence-corrected chi connectivity index (χ3v) is 10.4. The highest BCUT2D eigenvalue weighted by atomic mass is 16.5. The number of carbonyl (C=O) groups is 2. The van der Waals surface area contributed by atoms with Crippen LogP contribution in [0.15, 0.2) is 23.8 Å². The number of rotatable bonds is 2. The van der Waals surface area contributed by atoms with E-state index in [0.717, 1.165) is 31.1 Å². The average molecular weight is 411 g/mol. The standard InChI is InChI=1S/C27H38O3/c1-16-5-10-24(30-25(16)29)17(2)21-8-9-22-20-7-6-18-15-19(28)11-13-26(18,3)23(20)12-14-27(21,22)4/h11,13,15-17,20-24H,5-10,12,14H2,1-4H3/t16?,17-,20-,21+,22-,23-,24?,26-,27+/m0/s1. The zero-order valence-corrected chi connectivity index (χ0v) is 19.2. The number of fused-ring (bicyclic) bond motifs is 5. The van der Waals surface area contributed by atoms with Crippen molar-refractivity contribution in [3.05, 3.63) is 23.8 Å². The zero-order chi connectivity index (χ0) is 21.3. The van der Waals surface area contributed by atoms with E-state index in [-0.39, 0.29) is 29.2 Å². The highest BCUT2D eigenvalue weighted by Crippen LogP contribution is 2.67. The van der Waals surface area contributed by atoms with Gasteiger partial charge in [0, 0.05) is 5.41 Å². The summed E-state index contributed by atoms with van der Waals surface area (Å²) in [5, 5.41) is 0. The van der Waals surface area contributed by atoms with Gasteiger partial charge in [-0.2, -0.15) is 0 Å². The van der Waals surface area contributed by atoms with E-state index in [1.165, 1.54) is 37.7 Å². The number of hydrogen-bond donors (Lipinski definition) is 0. The van der Waals surface area contributed by atoms with Crippen LogP contribution in [0, 0.1) is 46.3 Å². The molecule has 5 rings (SSSR count). The lowest BCUT2D eigenvalue weighted by Gasteiger charge is -2.57. The van der Waals surface area contributed by atoms with E-state index in [2.05, 4.69) is 26.8 Å². The molecule has 5 aliphatic rings. The summed E-state index contributed by atoms with van der Waals surface area (Å²) in [5.74, 6) is 3.56. The van der Waals surface area contributed by atoms with Crippen molar-refractivity contribution < 1.29 is 14.3 Å². The minimum Gasteiger partial charge on any atom is -0.462 e. The smallest absolute Gasteiger partial charge is 0.308 e. The number of carbonyl (C=O) groups excluding carboxylic acids is 2. The first-order valence-corrected chi connectivity index (χ1v) is 12.4. The van der Waals surface area contributed by atoms with E-state index in [1.54, 1.807) is 0 Å². The van der Waals surface area contributed by atoms with E-state index < -0.39 is 0 Å². The summed E-state index contributed by atoms with van der Waals surface area (Å²) in [6.45, 7) is 9.30. The molecule has 2 unspecified atom stereocenters. The lowest BCUT2D eigenvalue weighted by molar-refractivity contribution is -0.166. The molecule has 3 saturated carbocycles. The summed E-state index contributed by atoms with van der Waals surface area (Å²) < 4.78 is 5.91. The van der Waals surface area contributed by atoms with Crippen LogP contribution in [0.3, 0.4) is 0 Å². The summed E-state index contributed by atoms with van der Waals surface area (Å²) in [7, 11) is 0. The van der Waals surface area contributed by atoms with Crippen molar-refractivity contribution >= 4 is 11.8 Å². The van der Waals surface area contributed by atoms with Gasteiger partial charge in [-0.15, -0.1) is 0 Å². The van der Waals surface area contributed by atoms with Crippen molar-refractivity contribution in [1.29, 1.82) is 0 Å². The summed E-state index contributed by atoms with van der Waals surface area (Å²) in [6, 6.07) is 0. The fraction of sp³-hybridized carbons (Fsp3) is 0.778. The second kappa shape index (κ2) is 7.07. The second-order valence-electron chi connectivity index (χ2n) is 11.6. The van der Waals surface area contributed by atoms with Gasteiger partial charge < -0.3 is 4.74 Å². The van der Waals surface area contributed by atoms with Gasteiger partial charge >= 0.3 is 5.97 Å². The topological polar surface area (TPSA) is 43.4 Å². The second-order valence-corrected chi connectivity index (χ2v) is 11.6. The largest absolute Gasteiger partial charge is 0.462 e. The number of cyclic esters (lactones) is 1. The summed E-state index contributed by atoms with van der Waals surface area (Å²) in [6.07, 6.45) is 15.6. The van der Waals surface area contributed by atoms with Crippen LogP contribution in [0.2, 0.25) is 0 Å². The van der Waals surface area contributed by atoms with E-state index in [0.29, 0.717) is 23.2 Å². The third kappa shape index (κ3) is 2.90. The summed E-state index contributed by atoms with van der Waals surface area (Å²) in [5.41, 5.74) is 1.82. The maximum absolute atomic E-state index is 12.2. The van der Waals surface area contributed by atoms with Crippen molar-refractivity contribution in [1.82, 2.24) is 0 Å². The molecule has 1 heterocycles. The Bertz CT molecular complexity index is 809. The molecule has 0 amide bonds. The lowest BCUT2D eigenvalue weighted by atomic mass is 9.47. The molecule has 0 aromatic carbocycles. The Labute approximate surface area is 181 Å². The number of ether oxygens (including phenoxy) is 1. The lowest BCUT2D eigenvalue weighted by Crippen LogP contribution is -2.51. The zero-order valence-electron chi connectivity index (χ0n) is 19.2. The van der Waals surface area contributed by atoms with Crippen molar-refractivity contribution in [2.24, 2.45) is 46.3 Å². The molecule has 3 nitrogen and oxygen atoms in total. The summed E-state index contributed by atoms with van der Waals surface area (Å²) >= 11 is 0. The molecule has 4 aliphatic carbocycles. The van der Waals surface area contributed by atoms with Crippen LogP contribution < -0.4 is 0 Å². The Morgan fingerprint density at radius 3 is 2.60 bits per heavy atom. The van der Waals surface area contributed by atoms with Crippen molar-refractivity contribution in [3.8, 4) is 0 Å². The van der Waals surface area contributed by atoms with Gasteiger partial charge in [0.2, 0.25) is 0 Å². The van der Waals surface area contributed by atoms with E-state index in [4.69, 9.17) is 4.74 Å². The highest BCUT2D eigenvalue weighted by molar-refractivity contribution is 6.01. The van der Waals surface area contributed by atoms with Crippen LogP contribution in [0.4, 0.5) is 0 Å². The Hall–Kier alpha value is -1.38. The Morgan fingerprint density at radius 1 is 1.03 bits per heavy atom. The molecule has 9 atom stereocenters. The fourth-order valence-corrected chi connectivity index (χ4v) is 8.59. The molecule has 0 radical (unpaired) electrons. The number of allylic oxidation sites excluding steroid dienone is 4. The number of ketones is 1. The first-order valence-electron chi connectivity index (χ1n) is 12.4.